The molecule has 31 heavy (non-hydrogen) atoms. The van der Waals surface area contributed by atoms with E-state index in [0.29, 0.717) is 28.2 Å². The summed E-state index contributed by atoms with van der Waals surface area (Å²) in [5, 5.41) is 30.0. The average molecular weight is 422 g/mol. The number of benzene rings is 2. The maximum Gasteiger partial charge on any atom is 0.182 e. The first-order valence-electron chi connectivity index (χ1n) is 9.50. The predicted octanol–water partition coefficient (Wildman–Crippen LogP) is 5.14. The molecule has 0 saturated heterocycles. The second-order valence-electron chi connectivity index (χ2n) is 6.75. The van der Waals surface area contributed by atoms with Crippen LogP contribution in [0.3, 0.4) is 0 Å². The van der Waals surface area contributed by atoms with Crippen LogP contribution in [0.5, 0.6) is 23.0 Å². The Morgan fingerprint density at radius 3 is 2.29 bits per heavy atom. The van der Waals surface area contributed by atoms with Gasteiger partial charge in [-0.25, -0.2) is 0 Å². The summed E-state index contributed by atoms with van der Waals surface area (Å²) in [5.74, 6) is -0.107. The molecule has 6 heteroatoms. The van der Waals surface area contributed by atoms with Crippen LogP contribution in [-0.2, 0) is 4.79 Å². The summed E-state index contributed by atoms with van der Waals surface area (Å²) >= 11 is 0. The third-order valence-corrected chi connectivity index (χ3v) is 4.57. The van der Waals surface area contributed by atoms with Crippen molar-refractivity contribution < 1.29 is 29.6 Å². The number of carbonyl (C=O) groups excluding carboxylic acids is 1. The number of phenolic OH excluding ortho intramolecular Hbond substituents is 2. The first kappa shape index (κ1) is 23.3. The number of allylic oxidation sites excluding steroid dienone is 4. The Morgan fingerprint density at radius 2 is 1.65 bits per heavy atom. The van der Waals surface area contributed by atoms with Crippen molar-refractivity contribution in [3.63, 3.8) is 0 Å². The summed E-state index contributed by atoms with van der Waals surface area (Å²) in [7, 11) is 2.89. The lowest BCUT2D eigenvalue weighted by Gasteiger charge is -2.13. The van der Waals surface area contributed by atoms with Crippen LogP contribution in [0.15, 0.2) is 67.0 Å². The van der Waals surface area contributed by atoms with Crippen molar-refractivity contribution in [2.45, 2.75) is 12.8 Å². The van der Waals surface area contributed by atoms with Crippen molar-refractivity contribution in [2.24, 2.45) is 0 Å². The van der Waals surface area contributed by atoms with Gasteiger partial charge in [0.2, 0.25) is 0 Å². The highest BCUT2D eigenvalue weighted by atomic mass is 16.5. The van der Waals surface area contributed by atoms with E-state index in [0.717, 1.165) is 6.08 Å². The number of carbonyl (C=O) groups is 1. The Hall–Kier alpha value is -3.93. The highest BCUT2D eigenvalue weighted by molar-refractivity contribution is 6.02. The lowest BCUT2D eigenvalue weighted by molar-refractivity contribution is -0.110. The van der Waals surface area contributed by atoms with Crippen LogP contribution in [0.1, 0.15) is 29.5 Å². The number of ether oxygens (including phenoxy) is 2. The summed E-state index contributed by atoms with van der Waals surface area (Å²) in [6.07, 6.45) is 8.61. The Morgan fingerprint density at radius 1 is 1.00 bits per heavy atom. The van der Waals surface area contributed by atoms with E-state index >= 15 is 0 Å². The van der Waals surface area contributed by atoms with Crippen LogP contribution in [-0.4, -0.2) is 35.3 Å². The Bertz CT molecular complexity index is 1050. The summed E-state index contributed by atoms with van der Waals surface area (Å²) < 4.78 is 10.2. The van der Waals surface area contributed by atoms with Gasteiger partial charge in [-0.1, -0.05) is 31.2 Å². The smallest absolute Gasteiger partial charge is 0.182 e. The number of aliphatic hydroxyl groups excluding tert-OH is 1. The molecule has 3 N–H and O–H groups in total. The maximum atomic E-state index is 12.1. The summed E-state index contributed by atoms with van der Waals surface area (Å²) in [5.41, 5.74) is 1.98. The normalized spacial score (nSPS) is 12.8. The van der Waals surface area contributed by atoms with Crippen molar-refractivity contribution in [1.82, 2.24) is 0 Å². The highest BCUT2D eigenvalue weighted by Gasteiger charge is 2.13. The zero-order valence-corrected chi connectivity index (χ0v) is 17.7. The predicted molar refractivity (Wildman–Crippen MR) is 122 cm³/mol. The number of rotatable bonds is 9. The van der Waals surface area contributed by atoms with E-state index in [1.807, 2.05) is 6.92 Å². The van der Waals surface area contributed by atoms with Crippen LogP contribution >= 0.6 is 0 Å². The fraction of sp³-hybridized carbons (Fsp3) is 0.160. The number of phenols is 2. The summed E-state index contributed by atoms with van der Waals surface area (Å²) in [6, 6.07) is 8.06. The van der Waals surface area contributed by atoms with Gasteiger partial charge >= 0.3 is 0 Å². The molecule has 2 aromatic carbocycles. The topological polar surface area (TPSA) is 96.2 Å². The average Bonchev–Trinajstić information content (AvgIpc) is 2.77. The molecule has 0 spiro atoms. The number of aromatic hydroxyl groups is 2. The minimum absolute atomic E-state index is 0.00477. The Kier molecular flexibility index (Phi) is 8.09. The Labute approximate surface area is 181 Å². The second-order valence-corrected chi connectivity index (χ2v) is 6.75. The number of hydrogen-bond donors (Lipinski definition) is 3. The highest BCUT2D eigenvalue weighted by Crippen LogP contribution is 2.36. The van der Waals surface area contributed by atoms with Crippen LogP contribution in [0.4, 0.5) is 0 Å². The largest absolute Gasteiger partial charge is 0.508 e. The number of aliphatic hydroxyl groups is 1. The molecule has 0 aromatic heterocycles. The molecule has 1 unspecified atom stereocenters. The maximum absolute atomic E-state index is 12.1. The van der Waals surface area contributed by atoms with Crippen LogP contribution < -0.4 is 9.47 Å². The van der Waals surface area contributed by atoms with E-state index in [2.05, 4.69) is 6.58 Å². The monoisotopic (exact) mass is 422 g/mol. The van der Waals surface area contributed by atoms with E-state index in [4.69, 9.17) is 9.47 Å². The standard InChI is InChI=1S/C25H26O6/c1-5-16(2)21-12-18(14-24(31-4)25(21)29)7-10-20(27)15-19(26)9-6-17-8-11-22(28)23(13-17)30-3/h5-16,27-29H,1H2,2-4H3/b9-6+,10-7+,20-15-. The van der Waals surface area contributed by atoms with E-state index in [-0.39, 0.29) is 23.2 Å². The number of ketones is 1. The summed E-state index contributed by atoms with van der Waals surface area (Å²) in [6.45, 7) is 5.63. The van der Waals surface area contributed by atoms with Gasteiger partial charge in [-0.3, -0.25) is 4.79 Å². The molecular weight excluding hydrogens is 396 g/mol. The van der Waals surface area contributed by atoms with Crippen LogP contribution in [0.2, 0.25) is 0 Å². The molecule has 0 aliphatic carbocycles. The minimum atomic E-state index is -0.418. The van der Waals surface area contributed by atoms with Gasteiger partial charge in [-0.15, -0.1) is 6.58 Å². The van der Waals surface area contributed by atoms with E-state index in [1.54, 1.807) is 42.5 Å². The molecule has 2 aromatic rings. The van der Waals surface area contributed by atoms with Crippen molar-refractivity contribution in [3.8, 4) is 23.0 Å². The van der Waals surface area contributed by atoms with Gasteiger partial charge in [-0.05, 0) is 47.5 Å². The SMILES string of the molecule is C=CC(C)c1cc(/C=C/C(O)=C/C(=O)/C=C/c2ccc(O)c(OC)c2)cc(OC)c1O. The molecule has 0 saturated carbocycles. The van der Waals surface area contributed by atoms with Gasteiger partial charge < -0.3 is 24.8 Å². The summed E-state index contributed by atoms with van der Waals surface area (Å²) in [4.78, 5) is 12.1. The fourth-order valence-corrected chi connectivity index (χ4v) is 2.78. The molecule has 1 atom stereocenters. The molecule has 2 rings (SSSR count). The molecule has 0 bridgehead atoms. The van der Waals surface area contributed by atoms with Gasteiger partial charge in [-0.2, -0.15) is 0 Å². The molecule has 0 amide bonds. The lowest BCUT2D eigenvalue weighted by atomic mass is 9.97. The van der Waals surface area contributed by atoms with E-state index in [1.165, 1.54) is 32.4 Å². The first-order chi connectivity index (χ1) is 14.8. The van der Waals surface area contributed by atoms with Crippen molar-refractivity contribution in [1.29, 1.82) is 0 Å². The first-order valence-corrected chi connectivity index (χ1v) is 9.50. The molecule has 0 fully saturated rings. The van der Waals surface area contributed by atoms with Crippen LogP contribution in [0.25, 0.3) is 12.2 Å². The molecule has 162 valence electrons. The molecule has 6 nitrogen and oxygen atoms in total. The minimum Gasteiger partial charge on any atom is -0.508 e. The molecule has 0 aliphatic heterocycles. The van der Waals surface area contributed by atoms with Gasteiger partial charge in [0, 0.05) is 17.6 Å². The zero-order chi connectivity index (χ0) is 23.0. The van der Waals surface area contributed by atoms with Crippen molar-refractivity contribution in [3.05, 3.63) is 83.7 Å². The second kappa shape index (κ2) is 10.7. The van der Waals surface area contributed by atoms with Crippen molar-refractivity contribution >= 4 is 17.9 Å². The zero-order valence-electron chi connectivity index (χ0n) is 17.7. The molecule has 0 radical (unpaired) electrons. The number of hydrogen-bond acceptors (Lipinski definition) is 6. The molecule has 0 aliphatic rings. The van der Waals surface area contributed by atoms with Crippen LogP contribution in [0, 0.1) is 0 Å². The molecular formula is C25H26O6. The van der Waals surface area contributed by atoms with E-state index in [9.17, 15) is 20.1 Å². The lowest BCUT2D eigenvalue weighted by Crippen LogP contribution is -1.94. The number of methoxy groups -OCH3 is 2. The van der Waals surface area contributed by atoms with Gasteiger partial charge in [0.05, 0.1) is 14.2 Å². The van der Waals surface area contributed by atoms with E-state index < -0.39 is 5.78 Å². The van der Waals surface area contributed by atoms with Gasteiger partial charge in [0.25, 0.3) is 0 Å². The quantitative estimate of drug-likeness (QED) is 0.224. The Balaban J connectivity index is 2.17. The third-order valence-electron chi connectivity index (χ3n) is 4.57. The van der Waals surface area contributed by atoms with Gasteiger partial charge in [0.15, 0.2) is 28.8 Å². The fourth-order valence-electron chi connectivity index (χ4n) is 2.78. The third kappa shape index (κ3) is 6.27. The molecule has 0 heterocycles. The van der Waals surface area contributed by atoms with Gasteiger partial charge in [0.1, 0.15) is 5.76 Å². The van der Waals surface area contributed by atoms with Crippen molar-refractivity contribution in [2.75, 3.05) is 14.2 Å².